The lowest BCUT2D eigenvalue weighted by Crippen LogP contribution is -2.58. The Kier molecular flexibility index (Phi) is 3.47. The fourth-order valence-electron chi connectivity index (χ4n) is 2.01. The van der Waals surface area contributed by atoms with Crippen LogP contribution < -0.4 is 10.2 Å². The van der Waals surface area contributed by atoms with Gasteiger partial charge in [0.2, 0.25) is 5.91 Å². The highest BCUT2D eigenvalue weighted by Gasteiger charge is 2.40. The second-order valence-corrected chi connectivity index (χ2v) is 5.39. The molecule has 1 saturated carbocycles. The zero-order valence-electron chi connectivity index (χ0n) is 11.0. The molecule has 108 valence electrons. The zero-order chi connectivity index (χ0) is 15.0. The molecular weight excluding hydrogens is 294 g/mol. The van der Waals surface area contributed by atoms with Crippen molar-refractivity contribution in [2.24, 2.45) is 10.9 Å². The van der Waals surface area contributed by atoms with Crippen molar-refractivity contribution in [3.05, 3.63) is 29.3 Å². The van der Waals surface area contributed by atoms with Crippen LogP contribution in [0.25, 0.3) is 0 Å². The zero-order valence-corrected chi connectivity index (χ0v) is 11.7. The van der Waals surface area contributed by atoms with Crippen LogP contribution in [0, 0.1) is 5.92 Å². The van der Waals surface area contributed by atoms with Gasteiger partial charge in [-0.05, 0) is 31.0 Å². The minimum absolute atomic E-state index is 0.197. The number of hydrogen-bond acceptors (Lipinski definition) is 4. The molecule has 0 aromatic heterocycles. The number of urea groups is 1. The van der Waals surface area contributed by atoms with Gasteiger partial charge >= 0.3 is 6.03 Å². The predicted molar refractivity (Wildman–Crippen MR) is 77.5 cm³/mol. The van der Waals surface area contributed by atoms with Gasteiger partial charge in [-0.1, -0.05) is 17.7 Å². The van der Waals surface area contributed by atoms with Crippen LogP contribution >= 0.6 is 11.6 Å². The first-order valence-electron chi connectivity index (χ1n) is 6.54. The van der Waals surface area contributed by atoms with Crippen molar-refractivity contribution in [3.8, 4) is 0 Å². The van der Waals surface area contributed by atoms with Crippen LogP contribution in [0.1, 0.15) is 12.8 Å². The molecule has 1 N–H and O–H groups in total. The Morgan fingerprint density at radius 2 is 2.05 bits per heavy atom. The maximum absolute atomic E-state index is 12.4. The highest BCUT2D eigenvalue weighted by Crippen LogP contribution is 2.25. The number of aliphatic imine (C=N–C) groups is 1. The Bertz CT molecular complexity index is 655. The summed E-state index contributed by atoms with van der Waals surface area (Å²) in [5.74, 6) is -2.34. The number of rotatable bonds is 3. The third-order valence-corrected chi connectivity index (χ3v) is 3.50. The maximum atomic E-state index is 12.4. The van der Waals surface area contributed by atoms with E-state index in [0.717, 1.165) is 17.7 Å². The summed E-state index contributed by atoms with van der Waals surface area (Å²) in [4.78, 5) is 41.2. The van der Waals surface area contributed by atoms with E-state index in [9.17, 15) is 14.4 Å². The molecular formula is C14H12ClN3O3. The Hall–Kier alpha value is -2.21. The summed E-state index contributed by atoms with van der Waals surface area (Å²) >= 11 is 5.87. The number of halogens is 1. The third kappa shape index (κ3) is 2.80. The lowest BCUT2D eigenvalue weighted by Gasteiger charge is -2.28. The van der Waals surface area contributed by atoms with Crippen LogP contribution in [-0.4, -0.2) is 30.1 Å². The van der Waals surface area contributed by atoms with Gasteiger partial charge in [-0.25, -0.2) is 9.69 Å². The molecule has 1 aromatic rings. The van der Waals surface area contributed by atoms with Gasteiger partial charge < -0.3 is 0 Å². The van der Waals surface area contributed by atoms with E-state index >= 15 is 0 Å². The molecule has 1 saturated heterocycles. The Labute approximate surface area is 125 Å². The third-order valence-electron chi connectivity index (χ3n) is 3.26. The molecule has 3 rings (SSSR count). The summed E-state index contributed by atoms with van der Waals surface area (Å²) in [6.07, 6.45) is 3.27. The highest BCUT2D eigenvalue weighted by atomic mass is 35.5. The van der Waals surface area contributed by atoms with Crippen LogP contribution in [0.4, 0.5) is 10.5 Å². The van der Waals surface area contributed by atoms with Crippen molar-refractivity contribution < 1.29 is 14.4 Å². The molecule has 1 heterocycles. The van der Waals surface area contributed by atoms with Crippen LogP contribution in [0.5, 0.6) is 0 Å². The van der Waals surface area contributed by atoms with E-state index in [-0.39, 0.29) is 6.04 Å². The average molecular weight is 306 g/mol. The van der Waals surface area contributed by atoms with Gasteiger partial charge in [0.05, 0.1) is 5.69 Å². The van der Waals surface area contributed by atoms with E-state index in [4.69, 9.17) is 11.6 Å². The monoisotopic (exact) mass is 305 g/mol. The second-order valence-electron chi connectivity index (χ2n) is 4.95. The Balaban J connectivity index is 1.90. The number of imide groups is 2. The van der Waals surface area contributed by atoms with Crippen LogP contribution in [-0.2, 0) is 9.59 Å². The lowest BCUT2D eigenvalue weighted by atomic mass is 10.1. The van der Waals surface area contributed by atoms with Crippen LogP contribution in [0.15, 0.2) is 29.3 Å². The molecule has 2 fully saturated rings. The number of barbiturate groups is 1. The van der Waals surface area contributed by atoms with E-state index < -0.39 is 23.8 Å². The molecule has 0 radical (unpaired) electrons. The number of amides is 4. The van der Waals surface area contributed by atoms with Crippen molar-refractivity contribution in [3.63, 3.8) is 0 Å². The van der Waals surface area contributed by atoms with Crippen molar-refractivity contribution in [1.82, 2.24) is 5.32 Å². The first-order chi connectivity index (χ1) is 10.1. The molecule has 1 atom stereocenters. The maximum Gasteiger partial charge on any atom is 0.335 e. The normalized spacial score (nSPS) is 22.8. The van der Waals surface area contributed by atoms with E-state index in [1.165, 1.54) is 12.3 Å². The highest BCUT2D eigenvalue weighted by molar-refractivity contribution is 6.34. The standard InChI is InChI=1S/C14H12ClN3O3/c15-8-2-1-3-10(6-8)18-13(20)11(7-16-9-4-5-9)12(19)17-14(18)21/h1-3,6-7,9,11H,4-5H2,(H,17,19,21)/t11-/m1/s1. The predicted octanol–water partition coefficient (Wildman–Crippen LogP) is 1.77. The Morgan fingerprint density at radius 3 is 2.71 bits per heavy atom. The number of nitrogens with one attached hydrogen (secondary N) is 1. The van der Waals surface area contributed by atoms with Crippen LogP contribution in [0.2, 0.25) is 5.02 Å². The topological polar surface area (TPSA) is 78.8 Å². The quantitative estimate of drug-likeness (QED) is 0.683. The number of anilines is 1. The minimum atomic E-state index is -1.08. The van der Waals surface area contributed by atoms with E-state index in [1.54, 1.807) is 18.2 Å². The van der Waals surface area contributed by atoms with Crippen molar-refractivity contribution >= 4 is 41.3 Å². The first kappa shape index (κ1) is 13.8. The molecule has 1 aliphatic heterocycles. The van der Waals surface area contributed by atoms with E-state index in [0.29, 0.717) is 10.7 Å². The summed E-state index contributed by atoms with van der Waals surface area (Å²) in [5, 5.41) is 2.56. The van der Waals surface area contributed by atoms with Gasteiger partial charge in [-0.15, -0.1) is 0 Å². The van der Waals surface area contributed by atoms with Gasteiger partial charge in [0.25, 0.3) is 5.91 Å². The molecule has 1 aromatic carbocycles. The first-order valence-corrected chi connectivity index (χ1v) is 6.92. The molecule has 2 aliphatic rings. The van der Waals surface area contributed by atoms with Crippen LogP contribution in [0.3, 0.4) is 0 Å². The fraction of sp³-hybridized carbons (Fsp3) is 0.286. The molecule has 6 nitrogen and oxygen atoms in total. The molecule has 1 aliphatic carbocycles. The number of carbonyl (C=O) groups is 3. The van der Waals surface area contributed by atoms with Crippen molar-refractivity contribution in [2.45, 2.75) is 18.9 Å². The molecule has 0 bridgehead atoms. The molecule has 0 spiro atoms. The van der Waals surface area contributed by atoms with Gasteiger partial charge in [-0.2, -0.15) is 0 Å². The minimum Gasteiger partial charge on any atom is -0.293 e. The van der Waals surface area contributed by atoms with Gasteiger partial charge in [-0.3, -0.25) is 19.9 Å². The van der Waals surface area contributed by atoms with Gasteiger partial charge in [0.1, 0.15) is 0 Å². The SMILES string of the molecule is O=C1NC(=O)N(c2cccc(Cl)c2)C(=O)[C@@H]1C=NC1CC1. The molecule has 21 heavy (non-hydrogen) atoms. The molecule has 7 heteroatoms. The van der Waals surface area contributed by atoms with Gasteiger partial charge in [0.15, 0.2) is 5.92 Å². The number of carbonyl (C=O) groups excluding carboxylic acids is 3. The summed E-state index contributed by atoms with van der Waals surface area (Å²) in [5.41, 5.74) is 0.322. The number of benzene rings is 1. The average Bonchev–Trinajstić information content (AvgIpc) is 3.22. The summed E-state index contributed by atoms with van der Waals surface area (Å²) in [6.45, 7) is 0. The smallest absolute Gasteiger partial charge is 0.293 e. The van der Waals surface area contributed by atoms with Crippen molar-refractivity contribution in [1.29, 1.82) is 0 Å². The number of hydrogen-bond donors (Lipinski definition) is 1. The Morgan fingerprint density at radius 1 is 1.29 bits per heavy atom. The second kappa shape index (κ2) is 5.29. The summed E-state index contributed by atoms with van der Waals surface area (Å²) in [6, 6.07) is 5.75. The summed E-state index contributed by atoms with van der Waals surface area (Å²) in [7, 11) is 0. The fourth-order valence-corrected chi connectivity index (χ4v) is 2.20. The largest absolute Gasteiger partial charge is 0.335 e. The number of nitrogens with zero attached hydrogens (tertiary/aromatic N) is 2. The van der Waals surface area contributed by atoms with E-state index in [1.807, 2.05) is 0 Å². The molecule has 0 unspecified atom stereocenters. The lowest BCUT2D eigenvalue weighted by molar-refractivity contribution is -0.131. The molecule has 4 amide bonds. The summed E-state index contributed by atoms with van der Waals surface area (Å²) < 4.78 is 0. The van der Waals surface area contributed by atoms with Gasteiger partial charge in [0, 0.05) is 17.3 Å². The van der Waals surface area contributed by atoms with Crippen molar-refractivity contribution in [2.75, 3.05) is 4.90 Å². The van der Waals surface area contributed by atoms with E-state index in [2.05, 4.69) is 10.3 Å².